The molecular formula is C24H29NO4SSi. The van der Waals surface area contributed by atoms with Crippen LogP contribution in [0.1, 0.15) is 23.0 Å². The molecule has 0 radical (unpaired) electrons. The van der Waals surface area contributed by atoms with Crippen LogP contribution in [0.4, 0.5) is 0 Å². The predicted molar refractivity (Wildman–Crippen MR) is 126 cm³/mol. The van der Waals surface area contributed by atoms with Crippen LogP contribution in [0.25, 0.3) is 10.9 Å². The van der Waals surface area contributed by atoms with Crippen LogP contribution in [0.15, 0.2) is 59.5 Å². The Morgan fingerprint density at radius 3 is 2.29 bits per heavy atom. The number of hydrogen-bond acceptors (Lipinski definition) is 4. The monoisotopic (exact) mass is 455 g/mol. The number of carbonyl (C=O) groups is 1. The highest BCUT2D eigenvalue weighted by atomic mass is 32.2. The van der Waals surface area contributed by atoms with Crippen LogP contribution >= 0.6 is 0 Å². The Balaban J connectivity index is 2.06. The highest BCUT2D eigenvalue weighted by Crippen LogP contribution is 2.51. The average molecular weight is 456 g/mol. The van der Waals surface area contributed by atoms with Crippen molar-refractivity contribution in [1.29, 1.82) is 0 Å². The van der Waals surface area contributed by atoms with Gasteiger partial charge in [-0.1, -0.05) is 56.0 Å². The summed E-state index contributed by atoms with van der Waals surface area (Å²) in [4.78, 5) is 14.4. The van der Waals surface area contributed by atoms with E-state index in [1.165, 1.54) is 0 Å². The molecule has 1 aliphatic rings. The van der Waals surface area contributed by atoms with Crippen LogP contribution in [0, 0.1) is 0 Å². The lowest BCUT2D eigenvalue weighted by molar-refractivity contribution is 0.0925. The fourth-order valence-corrected chi connectivity index (χ4v) is 11.1. The van der Waals surface area contributed by atoms with E-state index in [-0.39, 0.29) is 16.2 Å². The number of benzene rings is 2. The summed E-state index contributed by atoms with van der Waals surface area (Å²) >= 11 is 0. The smallest absolute Gasteiger partial charge is 0.191 e. The Labute approximate surface area is 185 Å². The maximum absolute atomic E-state index is 14.2. The van der Waals surface area contributed by atoms with Crippen molar-refractivity contribution in [3.05, 3.63) is 65.9 Å². The van der Waals surface area contributed by atoms with Crippen LogP contribution in [0.5, 0.6) is 0 Å². The zero-order chi connectivity index (χ0) is 22.6. The number of ether oxygens (including phenoxy) is 1. The Morgan fingerprint density at radius 1 is 1.06 bits per heavy atom. The minimum absolute atomic E-state index is 0.207. The summed E-state index contributed by atoms with van der Waals surface area (Å²) in [6.45, 7) is 8.43. The van der Waals surface area contributed by atoms with Crippen molar-refractivity contribution < 1.29 is 17.9 Å². The first kappa shape index (κ1) is 22.0. The van der Waals surface area contributed by atoms with E-state index < -0.39 is 22.7 Å². The van der Waals surface area contributed by atoms with Crippen molar-refractivity contribution in [3.8, 4) is 0 Å². The van der Waals surface area contributed by atoms with E-state index in [0.717, 1.165) is 16.6 Å². The quantitative estimate of drug-likeness (QED) is 0.512. The molecule has 0 saturated heterocycles. The first-order valence-electron chi connectivity index (χ1n) is 10.5. The summed E-state index contributed by atoms with van der Waals surface area (Å²) in [5.74, 6) is -0.295. The van der Waals surface area contributed by atoms with Gasteiger partial charge in [-0.05, 0) is 37.1 Å². The van der Waals surface area contributed by atoms with Gasteiger partial charge < -0.3 is 9.30 Å². The van der Waals surface area contributed by atoms with E-state index in [9.17, 15) is 13.2 Å². The molecule has 0 spiro atoms. The zero-order valence-electron chi connectivity index (χ0n) is 18.7. The van der Waals surface area contributed by atoms with Crippen LogP contribution < -0.4 is 0 Å². The number of ketones is 1. The van der Waals surface area contributed by atoms with Gasteiger partial charge in [0.15, 0.2) is 15.6 Å². The summed E-state index contributed by atoms with van der Waals surface area (Å²) < 4.78 is 34.0. The number of fused-ring (bicyclic) bond motifs is 3. The van der Waals surface area contributed by atoms with Crippen molar-refractivity contribution in [1.82, 2.24) is 4.57 Å². The van der Waals surface area contributed by atoms with Gasteiger partial charge in [-0.3, -0.25) is 4.79 Å². The van der Waals surface area contributed by atoms with Gasteiger partial charge in [0, 0.05) is 23.8 Å². The second-order valence-electron chi connectivity index (χ2n) is 9.56. The van der Waals surface area contributed by atoms with E-state index in [4.69, 9.17) is 4.74 Å². The molecule has 0 bridgehead atoms. The molecule has 0 fully saturated rings. The van der Waals surface area contributed by atoms with Crippen LogP contribution in [0.3, 0.4) is 0 Å². The van der Waals surface area contributed by atoms with Gasteiger partial charge in [0.2, 0.25) is 0 Å². The second-order valence-corrected chi connectivity index (χ2v) is 17.3. The molecule has 2 atom stereocenters. The van der Waals surface area contributed by atoms with Crippen LogP contribution in [0.2, 0.25) is 25.2 Å². The van der Waals surface area contributed by atoms with Crippen molar-refractivity contribution in [2.45, 2.75) is 54.9 Å². The summed E-state index contributed by atoms with van der Waals surface area (Å²) in [5.41, 5.74) is 2.05. The minimum Gasteiger partial charge on any atom is -0.364 e. The third-order valence-electron chi connectivity index (χ3n) is 6.73. The number of sulfone groups is 1. The molecule has 1 aliphatic carbocycles. The van der Waals surface area contributed by atoms with Gasteiger partial charge in [0.1, 0.15) is 11.5 Å². The molecule has 164 valence electrons. The molecule has 0 saturated carbocycles. The maximum atomic E-state index is 14.2. The normalized spacial score (nSPS) is 22.0. The topological polar surface area (TPSA) is 65.4 Å². The number of aromatic nitrogens is 1. The SMILES string of the molecule is COCn1c2c(c3ccccc31)C(=O)[C@@](C)(S(=O)(=O)c1ccccc1)[C@H]([Si](C)(C)C)C2. The Hall–Kier alpha value is -2.22. The first-order chi connectivity index (χ1) is 14.5. The first-order valence-corrected chi connectivity index (χ1v) is 15.5. The largest absolute Gasteiger partial charge is 0.364 e. The fourth-order valence-electron chi connectivity index (χ4n) is 5.18. The molecular weight excluding hydrogens is 426 g/mol. The highest BCUT2D eigenvalue weighted by Gasteiger charge is 2.60. The van der Waals surface area contributed by atoms with Gasteiger partial charge in [0.25, 0.3) is 0 Å². The summed E-state index contributed by atoms with van der Waals surface area (Å²) in [7, 11) is -4.38. The van der Waals surface area contributed by atoms with E-state index in [0.29, 0.717) is 18.7 Å². The third kappa shape index (κ3) is 3.13. The van der Waals surface area contributed by atoms with Crippen molar-refractivity contribution in [2.24, 2.45) is 0 Å². The van der Waals surface area contributed by atoms with E-state index in [1.54, 1.807) is 44.4 Å². The zero-order valence-corrected chi connectivity index (χ0v) is 20.5. The molecule has 1 aromatic heterocycles. The van der Waals surface area contributed by atoms with Crippen LogP contribution in [-0.2, 0) is 27.7 Å². The average Bonchev–Trinajstić information content (AvgIpc) is 3.04. The molecule has 5 nitrogen and oxygen atoms in total. The minimum atomic E-state index is -3.91. The molecule has 7 heteroatoms. The Morgan fingerprint density at radius 2 is 1.68 bits per heavy atom. The Bertz CT molecular complexity index is 1260. The fraction of sp³-hybridized carbons (Fsp3) is 0.375. The number of hydrogen-bond donors (Lipinski definition) is 0. The number of nitrogens with zero attached hydrogens (tertiary/aromatic N) is 1. The van der Waals surface area contributed by atoms with Crippen molar-refractivity contribution in [3.63, 3.8) is 0 Å². The van der Waals surface area contributed by atoms with Gasteiger partial charge in [-0.25, -0.2) is 8.42 Å². The lowest BCUT2D eigenvalue weighted by Gasteiger charge is -2.45. The Kier molecular flexibility index (Phi) is 5.27. The predicted octanol–water partition coefficient (Wildman–Crippen LogP) is 4.93. The molecule has 0 aliphatic heterocycles. The number of carbonyl (C=O) groups excluding carboxylic acids is 1. The molecule has 2 aromatic carbocycles. The molecule has 4 rings (SSSR count). The number of methoxy groups -OCH3 is 1. The van der Waals surface area contributed by atoms with Crippen molar-refractivity contribution in [2.75, 3.05) is 7.11 Å². The molecule has 0 amide bonds. The number of rotatable bonds is 5. The maximum Gasteiger partial charge on any atom is 0.191 e. The van der Waals surface area contributed by atoms with E-state index in [2.05, 4.69) is 19.6 Å². The van der Waals surface area contributed by atoms with E-state index >= 15 is 0 Å². The van der Waals surface area contributed by atoms with Crippen molar-refractivity contribution >= 4 is 34.6 Å². The van der Waals surface area contributed by atoms with Gasteiger partial charge in [-0.15, -0.1) is 0 Å². The lowest BCUT2D eigenvalue weighted by atomic mass is 9.84. The van der Waals surface area contributed by atoms with Gasteiger partial charge >= 0.3 is 0 Å². The summed E-state index contributed by atoms with van der Waals surface area (Å²) in [6.07, 6.45) is 0.539. The number of Topliss-reactive ketones (excluding diaryl/α,β-unsaturated/α-hetero) is 1. The molecule has 3 aromatic rings. The molecule has 1 heterocycles. The second kappa shape index (κ2) is 7.43. The van der Waals surface area contributed by atoms with Gasteiger partial charge in [-0.2, -0.15) is 0 Å². The standard InChI is InChI=1S/C24H29NO4SSi/c1-24(30(27,28)17-11-7-6-8-12-17)21(31(3,4)5)15-20-22(23(24)26)18-13-9-10-14-19(18)25(20)16-29-2/h6-14,21H,15-16H2,1-5H3/t21-,24+/m1/s1. The highest BCUT2D eigenvalue weighted by molar-refractivity contribution is 7.93. The lowest BCUT2D eigenvalue weighted by Crippen LogP contribution is -2.57. The summed E-state index contributed by atoms with van der Waals surface area (Å²) in [6, 6.07) is 16.1. The molecule has 0 N–H and O–H groups in total. The van der Waals surface area contributed by atoms with Crippen LogP contribution in [-0.4, -0.2) is 38.7 Å². The molecule has 31 heavy (non-hydrogen) atoms. The third-order valence-corrected chi connectivity index (χ3v) is 12.3. The van der Waals surface area contributed by atoms with Gasteiger partial charge in [0.05, 0.1) is 18.5 Å². The summed E-state index contributed by atoms with van der Waals surface area (Å²) in [5, 5.41) is 0.795. The molecule has 0 unspecified atom stereocenters. The number of para-hydroxylation sites is 1. The van der Waals surface area contributed by atoms with E-state index in [1.807, 2.05) is 28.8 Å².